The van der Waals surface area contributed by atoms with Crippen LogP contribution in [0, 0.1) is 0 Å². The molecule has 17 nitrogen and oxygen atoms in total. The van der Waals surface area contributed by atoms with Crippen LogP contribution in [0.5, 0.6) is 0 Å². The summed E-state index contributed by atoms with van der Waals surface area (Å²) < 4.78 is 14.2. The van der Waals surface area contributed by atoms with Gasteiger partial charge in [-0.2, -0.15) is 0 Å². The molecule has 15 aromatic carbocycles. The third-order valence-electron chi connectivity index (χ3n) is 25.7. The number of rotatable bonds is 10. The molecule has 0 spiro atoms. The molecule has 13 heterocycles. The van der Waals surface area contributed by atoms with Gasteiger partial charge in [0.1, 0.15) is 19.0 Å². The Hall–Kier alpha value is -18.4. The van der Waals surface area contributed by atoms with Crippen molar-refractivity contribution in [2.75, 3.05) is 0 Å². The summed E-state index contributed by atoms with van der Waals surface area (Å²) in [4.78, 5) is 52.7. The predicted octanol–water partition coefficient (Wildman–Crippen LogP) is 27.1. The highest BCUT2D eigenvalue weighted by Crippen LogP contribution is 2.51. The molecule has 0 amide bonds. The molecule has 0 saturated carbocycles. The minimum atomic E-state index is 0.752. The summed E-state index contributed by atoms with van der Waals surface area (Å²) in [5.41, 5.74) is 28.7. The summed E-state index contributed by atoms with van der Waals surface area (Å²) in [6.07, 6.45) is 18.1. The first kappa shape index (κ1) is 75.0. The van der Waals surface area contributed by atoms with Crippen molar-refractivity contribution >= 4 is 164 Å². The molecule has 0 aliphatic carbocycles. The Morgan fingerprint density at radius 1 is 0.174 bits per heavy atom. The van der Waals surface area contributed by atoms with E-state index < -0.39 is 0 Å². The van der Waals surface area contributed by atoms with Crippen molar-refractivity contribution in [3.05, 3.63) is 432 Å². The molecule has 0 radical (unpaired) electrons. The van der Waals surface area contributed by atoms with Crippen LogP contribution in [0.4, 0.5) is 0 Å². The summed E-state index contributed by atoms with van der Waals surface area (Å²) in [5.74, 6) is 0.752. The lowest BCUT2D eigenvalue weighted by molar-refractivity contribution is 1.04. The summed E-state index contributed by atoms with van der Waals surface area (Å²) in [5, 5.41) is 16.7. The van der Waals surface area contributed by atoms with Crippen molar-refractivity contribution in [1.29, 1.82) is 0 Å². The van der Waals surface area contributed by atoms with E-state index in [1.807, 2.05) is 85.6 Å². The van der Waals surface area contributed by atoms with Crippen molar-refractivity contribution < 1.29 is 0 Å². The van der Waals surface area contributed by atoms with E-state index in [1.165, 1.54) is 27.3 Å². The largest absolute Gasteiger partial charge is 0.307 e. The monoisotopic (exact) mass is 1690 g/mol. The minimum Gasteiger partial charge on any atom is -0.307 e. The minimum absolute atomic E-state index is 0.752. The Balaban J connectivity index is 0.000000104. The fraction of sp³-hybridized carbons (Fsp3) is 0. The van der Waals surface area contributed by atoms with Crippen LogP contribution in [0.15, 0.2) is 432 Å². The molecule has 616 valence electrons. The zero-order chi connectivity index (χ0) is 86.9. The fourth-order valence-electron chi connectivity index (χ4n) is 20.4. The molecule has 28 rings (SSSR count). The van der Waals surface area contributed by atoms with Gasteiger partial charge in [-0.3, -0.25) is 19.5 Å². The molecule has 0 N–H and O–H groups in total. The molecule has 0 aliphatic rings. The maximum absolute atomic E-state index is 5.19. The Morgan fingerprint density at radius 3 is 0.879 bits per heavy atom. The van der Waals surface area contributed by atoms with Gasteiger partial charge >= 0.3 is 0 Å². The smallest absolute Gasteiger partial charge is 0.156 e. The highest BCUT2D eigenvalue weighted by atomic mass is 15.1. The van der Waals surface area contributed by atoms with E-state index in [0.717, 1.165) is 216 Å². The lowest BCUT2D eigenvalue weighted by Gasteiger charge is -2.15. The van der Waals surface area contributed by atoms with Crippen LogP contribution in [0.3, 0.4) is 0 Å². The number of aromatic nitrogens is 17. The number of nitrogens with zero attached hydrogens (tertiary/aromatic N) is 17. The molecule has 0 unspecified atom stereocenters. The maximum Gasteiger partial charge on any atom is 0.156 e. The van der Waals surface area contributed by atoms with Gasteiger partial charge < -0.3 is 22.8 Å². The number of benzene rings is 15. The molecule has 0 bridgehead atoms. The zero-order valence-electron chi connectivity index (χ0n) is 70.6. The van der Waals surface area contributed by atoms with Crippen molar-refractivity contribution in [2.45, 2.75) is 0 Å². The van der Waals surface area contributed by atoms with E-state index in [4.69, 9.17) is 34.9 Å². The molecular formula is C115H71N17. The molecule has 17 heteroatoms. The summed E-state index contributed by atoms with van der Waals surface area (Å²) in [6, 6.07) is 129. The molecule has 0 atom stereocenters. The number of hydrogen-bond donors (Lipinski definition) is 0. The molecule has 0 saturated heterocycles. The molecule has 132 heavy (non-hydrogen) atoms. The van der Waals surface area contributed by atoms with Gasteiger partial charge in [-0.05, 0) is 132 Å². The number of para-hydroxylation sites is 9. The van der Waals surface area contributed by atoms with Crippen LogP contribution in [-0.2, 0) is 0 Å². The Kier molecular flexibility index (Phi) is 17.5. The Labute approximate surface area is 752 Å². The second-order valence-corrected chi connectivity index (χ2v) is 32.9. The highest BCUT2D eigenvalue weighted by molar-refractivity contribution is 6.39. The molecule has 0 fully saturated rings. The summed E-state index contributed by atoms with van der Waals surface area (Å²) in [6.45, 7) is 0. The second kappa shape index (κ2) is 30.8. The van der Waals surface area contributed by atoms with E-state index in [2.05, 4.69) is 363 Å². The van der Waals surface area contributed by atoms with Crippen LogP contribution >= 0.6 is 0 Å². The number of hydrogen-bond acceptors (Lipinski definition) is 11. The lowest BCUT2D eigenvalue weighted by Crippen LogP contribution is -2.02. The topological polar surface area (TPSA) is 171 Å². The normalized spacial score (nSPS) is 11.8. The second-order valence-electron chi connectivity index (χ2n) is 32.9. The van der Waals surface area contributed by atoms with Gasteiger partial charge in [0.15, 0.2) is 5.82 Å². The average molecular weight is 1690 g/mol. The van der Waals surface area contributed by atoms with Crippen LogP contribution in [0.25, 0.3) is 243 Å². The summed E-state index contributed by atoms with van der Waals surface area (Å²) >= 11 is 0. The standard InChI is InChI=1S/C41H25N7.C38H24N4.C36H22N6/c1-2-12-26(13-3-1)47-35-18-6-4-14-28(35)37-30-24-42-25-45-39(30)38-29-15-5-7-19-36(29)48(41(38)40(37)47)27-22-33(31-16-8-10-20-43-31)46-34(23-27)32-17-9-11-21-44-32;1-3-12-25(13-4-1)26-14-11-17-28(22-26)42-33-21-10-8-19-30(33)35-36-31(23-39-24-40-36)34-29-18-7-9-20-32(29)41(37(34)38(35)42)27-15-5-2-6-16-27;1-3-11-23(12-4-1)28-20-37-21-31(40-28)42-30-18-10-8-16-26(30)33-34-27(19-38-22-39-34)32-25-15-7-9-17-29(25)41(35(32)36(33)42)24-13-5-2-6-14-24/h1-25H;1-24H;1-22H. The van der Waals surface area contributed by atoms with Gasteiger partial charge in [0.2, 0.25) is 0 Å². The third-order valence-corrected chi connectivity index (χ3v) is 25.7. The van der Waals surface area contributed by atoms with Crippen molar-refractivity contribution in [1.82, 2.24) is 82.2 Å². The first-order chi connectivity index (χ1) is 65.6. The molecule has 28 aromatic rings. The van der Waals surface area contributed by atoms with E-state index in [1.54, 1.807) is 31.4 Å². The van der Waals surface area contributed by atoms with Crippen LogP contribution < -0.4 is 0 Å². The maximum atomic E-state index is 5.19. The third kappa shape index (κ3) is 11.8. The average Bonchev–Trinajstić information content (AvgIpc) is 1.53. The van der Waals surface area contributed by atoms with Gasteiger partial charge in [0.25, 0.3) is 0 Å². The molecule has 13 aromatic heterocycles. The molecule has 0 aliphatic heterocycles. The number of fused-ring (bicyclic) bond motifs is 30. The van der Waals surface area contributed by atoms with Gasteiger partial charge in [-0.15, -0.1) is 0 Å². The van der Waals surface area contributed by atoms with Crippen molar-refractivity contribution in [2.24, 2.45) is 0 Å². The predicted molar refractivity (Wildman–Crippen MR) is 535 cm³/mol. The SMILES string of the molecule is c1ccc(-c2cccc(-n3c4ccccc4c4c5ncncc5c5c6ccccc6n(-c6ccccc6)c5c43)c2)cc1.c1ccc(-c2cncc(-n3c4ccccc4c4c5ncncc5c5c6ccccc6n(-c6ccccc6)c5c43)n2)cc1.c1ccc(-n2c3ccccc3c3c4cncnc4c4c5ccccc5n(-c5cc(-c6ccccn6)nc(-c6ccccn6)c5)c4c32)cc1. The fourth-order valence-corrected chi connectivity index (χ4v) is 20.4. The van der Waals surface area contributed by atoms with Gasteiger partial charge in [0.05, 0.1) is 129 Å². The van der Waals surface area contributed by atoms with Crippen LogP contribution in [0.1, 0.15) is 0 Å². The summed E-state index contributed by atoms with van der Waals surface area (Å²) in [7, 11) is 0. The van der Waals surface area contributed by atoms with Gasteiger partial charge in [0, 0.05) is 140 Å². The van der Waals surface area contributed by atoms with E-state index in [9.17, 15) is 0 Å². The molecular weight excluding hydrogens is 1620 g/mol. The van der Waals surface area contributed by atoms with Crippen molar-refractivity contribution in [3.8, 4) is 79.4 Å². The Bertz CT molecular complexity index is 9060. The lowest BCUT2D eigenvalue weighted by atomic mass is 10.0. The van der Waals surface area contributed by atoms with Gasteiger partial charge in [-0.25, -0.2) is 39.9 Å². The van der Waals surface area contributed by atoms with E-state index >= 15 is 0 Å². The van der Waals surface area contributed by atoms with E-state index in [-0.39, 0.29) is 0 Å². The zero-order valence-corrected chi connectivity index (χ0v) is 70.6. The van der Waals surface area contributed by atoms with Crippen LogP contribution in [-0.4, -0.2) is 82.2 Å². The van der Waals surface area contributed by atoms with Crippen LogP contribution in [0.2, 0.25) is 0 Å². The Morgan fingerprint density at radius 2 is 0.485 bits per heavy atom. The first-order valence-corrected chi connectivity index (χ1v) is 43.9. The highest BCUT2D eigenvalue weighted by Gasteiger charge is 2.31. The van der Waals surface area contributed by atoms with E-state index in [0.29, 0.717) is 0 Å². The van der Waals surface area contributed by atoms with Gasteiger partial charge in [-0.1, -0.05) is 249 Å². The van der Waals surface area contributed by atoms with Crippen molar-refractivity contribution in [3.63, 3.8) is 0 Å². The number of pyridine rings is 3. The first-order valence-electron chi connectivity index (χ1n) is 43.9. The quantitative estimate of drug-likeness (QED) is 0.128.